The number of carbonyl (C=O) groups is 1. The molecule has 0 radical (unpaired) electrons. The highest BCUT2D eigenvalue weighted by Crippen LogP contribution is 2.41. The van der Waals surface area contributed by atoms with Crippen LogP contribution in [0.5, 0.6) is 0 Å². The van der Waals surface area contributed by atoms with Crippen molar-refractivity contribution in [3.05, 3.63) is 35.9 Å². The first-order chi connectivity index (χ1) is 9.22. The van der Waals surface area contributed by atoms with E-state index in [2.05, 4.69) is 29.7 Å². The minimum absolute atomic E-state index is 0.0184. The molecular weight excluding hydrogens is 236 g/mol. The first kappa shape index (κ1) is 14.1. The summed E-state index contributed by atoms with van der Waals surface area (Å²) in [7, 11) is 0. The van der Waals surface area contributed by atoms with Crippen LogP contribution in [0.25, 0.3) is 0 Å². The van der Waals surface area contributed by atoms with E-state index in [1.807, 2.05) is 25.1 Å². The summed E-state index contributed by atoms with van der Waals surface area (Å²) in [6.45, 7) is 5.69. The van der Waals surface area contributed by atoms with Gasteiger partial charge >= 0.3 is 0 Å². The van der Waals surface area contributed by atoms with Crippen molar-refractivity contribution in [1.29, 1.82) is 0 Å². The van der Waals surface area contributed by atoms with E-state index >= 15 is 0 Å². The maximum Gasteiger partial charge on any atom is 0.224 e. The monoisotopic (exact) mass is 260 g/mol. The molecule has 1 aromatic carbocycles. The second-order valence-electron chi connectivity index (χ2n) is 5.44. The van der Waals surface area contributed by atoms with Gasteiger partial charge in [-0.05, 0) is 30.9 Å². The number of hydrogen-bond acceptors (Lipinski definition) is 2. The summed E-state index contributed by atoms with van der Waals surface area (Å²) < 4.78 is 0. The Balaban J connectivity index is 1.96. The lowest BCUT2D eigenvalue weighted by Crippen LogP contribution is -2.38. The molecule has 0 saturated heterocycles. The maximum absolute atomic E-state index is 12.2. The van der Waals surface area contributed by atoms with Crippen molar-refractivity contribution in [2.45, 2.75) is 32.7 Å². The van der Waals surface area contributed by atoms with Crippen LogP contribution in [-0.4, -0.2) is 19.0 Å². The number of rotatable bonds is 7. The number of hydrogen-bond donors (Lipinski definition) is 2. The highest BCUT2D eigenvalue weighted by atomic mass is 16.1. The van der Waals surface area contributed by atoms with Crippen LogP contribution in [0.4, 0.5) is 0 Å². The normalized spacial score (nSPS) is 17.8. The molecule has 0 heterocycles. The quantitative estimate of drug-likeness (QED) is 0.791. The van der Waals surface area contributed by atoms with Crippen molar-refractivity contribution < 1.29 is 4.79 Å². The molecule has 1 amide bonds. The topological polar surface area (TPSA) is 41.1 Å². The van der Waals surface area contributed by atoms with Crippen molar-refractivity contribution in [3.8, 4) is 0 Å². The summed E-state index contributed by atoms with van der Waals surface area (Å²) in [5.41, 5.74) is 1.23. The van der Waals surface area contributed by atoms with E-state index in [0.29, 0.717) is 5.92 Å². The summed E-state index contributed by atoms with van der Waals surface area (Å²) >= 11 is 0. The molecule has 2 N–H and O–H groups in total. The molecule has 2 rings (SSSR count). The Labute approximate surface area is 115 Å². The molecule has 1 aliphatic carbocycles. The van der Waals surface area contributed by atoms with E-state index in [-0.39, 0.29) is 17.9 Å². The fourth-order valence-corrected chi connectivity index (χ4v) is 2.31. The Hall–Kier alpha value is -1.35. The van der Waals surface area contributed by atoms with Gasteiger partial charge in [-0.2, -0.15) is 0 Å². The molecule has 2 unspecified atom stereocenters. The molecule has 1 aromatic rings. The first-order valence-corrected chi connectivity index (χ1v) is 7.28. The SMILES string of the molecule is CCNCC(C)C(=O)NC(c1ccccc1)C1CC1. The van der Waals surface area contributed by atoms with Crippen LogP contribution in [0.3, 0.4) is 0 Å². The summed E-state index contributed by atoms with van der Waals surface area (Å²) in [6.07, 6.45) is 2.45. The molecule has 19 heavy (non-hydrogen) atoms. The third kappa shape index (κ3) is 4.06. The predicted octanol–water partition coefficient (Wildman–Crippen LogP) is 2.50. The standard InChI is InChI=1S/C16H24N2O/c1-3-17-11-12(2)16(19)18-15(14-9-10-14)13-7-5-4-6-8-13/h4-8,12,14-15,17H,3,9-11H2,1-2H3,(H,18,19). The fourth-order valence-electron chi connectivity index (χ4n) is 2.31. The Bertz CT molecular complexity index is 400. The zero-order valence-corrected chi connectivity index (χ0v) is 11.9. The van der Waals surface area contributed by atoms with Gasteiger partial charge in [-0.1, -0.05) is 44.2 Å². The first-order valence-electron chi connectivity index (χ1n) is 7.28. The second-order valence-corrected chi connectivity index (χ2v) is 5.44. The second kappa shape index (κ2) is 6.71. The van der Waals surface area contributed by atoms with Gasteiger partial charge in [-0.15, -0.1) is 0 Å². The van der Waals surface area contributed by atoms with Crippen LogP contribution >= 0.6 is 0 Å². The van der Waals surface area contributed by atoms with Gasteiger partial charge in [0.15, 0.2) is 0 Å². The maximum atomic E-state index is 12.2. The molecule has 2 atom stereocenters. The number of amides is 1. The van der Waals surface area contributed by atoms with Gasteiger partial charge in [0.05, 0.1) is 6.04 Å². The Kier molecular flexibility index (Phi) is 4.97. The summed E-state index contributed by atoms with van der Waals surface area (Å²) in [5, 5.41) is 6.45. The average Bonchev–Trinajstić information content (AvgIpc) is 3.27. The summed E-state index contributed by atoms with van der Waals surface area (Å²) in [5.74, 6) is 0.796. The molecule has 3 nitrogen and oxygen atoms in total. The fraction of sp³-hybridized carbons (Fsp3) is 0.562. The van der Waals surface area contributed by atoms with Gasteiger partial charge in [0.1, 0.15) is 0 Å². The zero-order chi connectivity index (χ0) is 13.7. The number of benzene rings is 1. The van der Waals surface area contributed by atoms with E-state index in [1.165, 1.54) is 18.4 Å². The summed E-state index contributed by atoms with van der Waals surface area (Å²) in [6, 6.07) is 10.5. The molecule has 0 aliphatic heterocycles. The highest BCUT2D eigenvalue weighted by molar-refractivity contribution is 5.79. The van der Waals surface area contributed by atoms with Crippen LogP contribution in [0.2, 0.25) is 0 Å². The lowest BCUT2D eigenvalue weighted by atomic mass is 10.0. The average molecular weight is 260 g/mol. The summed E-state index contributed by atoms with van der Waals surface area (Å²) in [4.78, 5) is 12.2. The van der Waals surface area contributed by atoms with Gasteiger partial charge < -0.3 is 10.6 Å². The van der Waals surface area contributed by atoms with Crippen molar-refractivity contribution >= 4 is 5.91 Å². The largest absolute Gasteiger partial charge is 0.349 e. The number of nitrogens with one attached hydrogen (secondary N) is 2. The Morgan fingerprint density at radius 1 is 1.32 bits per heavy atom. The number of carbonyl (C=O) groups excluding carboxylic acids is 1. The van der Waals surface area contributed by atoms with Gasteiger partial charge in [-0.25, -0.2) is 0 Å². The van der Waals surface area contributed by atoms with E-state index in [1.54, 1.807) is 0 Å². The van der Waals surface area contributed by atoms with Crippen LogP contribution in [-0.2, 0) is 4.79 Å². The van der Waals surface area contributed by atoms with Crippen molar-refractivity contribution in [2.75, 3.05) is 13.1 Å². The molecule has 0 spiro atoms. The van der Waals surface area contributed by atoms with Crippen LogP contribution < -0.4 is 10.6 Å². The van der Waals surface area contributed by atoms with E-state index in [4.69, 9.17) is 0 Å². The van der Waals surface area contributed by atoms with Crippen molar-refractivity contribution in [2.24, 2.45) is 11.8 Å². The van der Waals surface area contributed by atoms with Gasteiger partial charge in [0.2, 0.25) is 5.91 Å². The third-order valence-corrected chi connectivity index (χ3v) is 3.70. The Morgan fingerprint density at radius 3 is 2.58 bits per heavy atom. The van der Waals surface area contributed by atoms with E-state index in [9.17, 15) is 4.79 Å². The van der Waals surface area contributed by atoms with Crippen LogP contribution in [0, 0.1) is 11.8 Å². The van der Waals surface area contributed by atoms with E-state index < -0.39 is 0 Å². The van der Waals surface area contributed by atoms with Gasteiger partial charge in [0.25, 0.3) is 0 Å². The highest BCUT2D eigenvalue weighted by Gasteiger charge is 2.33. The van der Waals surface area contributed by atoms with Gasteiger partial charge in [0, 0.05) is 12.5 Å². The van der Waals surface area contributed by atoms with Crippen molar-refractivity contribution in [3.63, 3.8) is 0 Å². The van der Waals surface area contributed by atoms with Crippen LogP contribution in [0.15, 0.2) is 30.3 Å². The lowest BCUT2D eigenvalue weighted by molar-refractivity contribution is -0.125. The van der Waals surface area contributed by atoms with Crippen LogP contribution in [0.1, 0.15) is 38.3 Å². The van der Waals surface area contributed by atoms with E-state index in [0.717, 1.165) is 13.1 Å². The molecule has 1 saturated carbocycles. The third-order valence-electron chi connectivity index (χ3n) is 3.70. The lowest BCUT2D eigenvalue weighted by Gasteiger charge is -2.21. The molecule has 0 aromatic heterocycles. The Morgan fingerprint density at radius 2 is 2.00 bits per heavy atom. The molecule has 3 heteroatoms. The smallest absolute Gasteiger partial charge is 0.224 e. The van der Waals surface area contributed by atoms with Gasteiger partial charge in [-0.3, -0.25) is 4.79 Å². The molecule has 1 aliphatic rings. The minimum atomic E-state index is 0.0184. The molecule has 104 valence electrons. The molecule has 0 bridgehead atoms. The zero-order valence-electron chi connectivity index (χ0n) is 11.9. The van der Waals surface area contributed by atoms with Crippen molar-refractivity contribution in [1.82, 2.24) is 10.6 Å². The molecular formula is C16H24N2O. The predicted molar refractivity (Wildman–Crippen MR) is 77.8 cm³/mol. The minimum Gasteiger partial charge on any atom is -0.349 e. The molecule has 1 fully saturated rings.